The Kier molecular flexibility index (Phi) is 6.46. The van der Waals surface area contributed by atoms with E-state index < -0.39 is 0 Å². The lowest BCUT2D eigenvalue weighted by atomic mass is 10.0. The van der Waals surface area contributed by atoms with E-state index in [9.17, 15) is 9.59 Å². The summed E-state index contributed by atoms with van der Waals surface area (Å²) in [6.45, 7) is 4.56. The highest BCUT2D eigenvalue weighted by Gasteiger charge is 2.23. The Balaban J connectivity index is 1.52. The number of aryl methyl sites for hydroxylation is 1. The molecule has 1 aromatic carbocycles. The van der Waals surface area contributed by atoms with Gasteiger partial charge in [-0.15, -0.1) is 0 Å². The lowest BCUT2D eigenvalue weighted by Gasteiger charge is -2.35. The van der Waals surface area contributed by atoms with Crippen molar-refractivity contribution in [1.29, 1.82) is 0 Å². The molecular formula is C20H23ClN4O3. The second-order valence-electron chi connectivity index (χ2n) is 6.65. The van der Waals surface area contributed by atoms with Crippen molar-refractivity contribution < 1.29 is 14.3 Å². The first-order valence-corrected chi connectivity index (χ1v) is 9.54. The average Bonchev–Trinajstić information content (AvgIpc) is 2.71. The number of halogens is 1. The number of methoxy groups -OCH3 is 1. The molecule has 0 radical (unpaired) electrons. The summed E-state index contributed by atoms with van der Waals surface area (Å²) in [6.07, 6.45) is 1.85. The molecular weight excluding hydrogens is 380 g/mol. The second-order valence-corrected chi connectivity index (χ2v) is 7.09. The smallest absolute Gasteiger partial charge is 0.223 e. The summed E-state index contributed by atoms with van der Waals surface area (Å²) in [6, 6.07) is 6.84. The zero-order chi connectivity index (χ0) is 20.1. The van der Waals surface area contributed by atoms with Gasteiger partial charge in [-0.1, -0.05) is 11.6 Å². The summed E-state index contributed by atoms with van der Waals surface area (Å²) < 4.78 is 5.22. The van der Waals surface area contributed by atoms with Crippen molar-refractivity contribution in [3.63, 3.8) is 0 Å². The van der Waals surface area contributed by atoms with E-state index in [4.69, 9.17) is 16.3 Å². The van der Waals surface area contributed by atoms with Gasteiger partial charge in [-0.05, 0) is 25.1 Å². The van der Waals surface area contributed by atoms with Crippen LogP contribution in [0.3, 0.4) is 0 Å². The van der Waals surface area contributed by atoms with Crippen molar-refractivity contribution in [2.45, 2.75) is 19.8 Å². The standard InChI is InChI=1S/C20H23ClN4O3/c1-14-11-19(23-13-22-14)24-7-9-25(10-8-24)20(27)6-4-17(26)16-12-15(21)3-5-18(16)28-2/h3,5,11-13H,4,6-10H2,1-2H3. The van der Waals surface area contributed by atoms with Gasteiger partial charge in [0, 0.05) is 55.8 Å². The lowest BCUT2D eigenvalue weighted by molar-refractivity contribution is -0.131. The van der Waals surface area contributed by atoms with Crippen LogP contribution in [-0.2, 0) is 4.79 Å². The van der Waals surface area contributed by atoms with Gasteiger partial charge in [0.2, 0.25) is 5.91 Å². The van der Waals surface area contributed by atoms with Crippen LogP contribution in [-0.4, -0.2) is 59.8 Å². The molecule has 7 nitrogen and oxygen atoms in total. The van der Waals surface area contributed by atoms with Crippen LogP contribution in [0.2, 0.25) is 5.02 Å². The van der Waals surface area contributed by atoms with Crippen LogP contribution in [0.25, 0.3) is 0 Å². The second kappa shape index (κ2) is 9.01. The van der Waals surface area contributed by atoms with Gasteiger partial charge < -0.3 is 14.5 Å². The zero-order valence-corrected chi connectivity index (χ0v) is 16.8. The molecule has 8 heteroatoms. The molecule has 1 aliphatic heterocycles. The van der Waals surface area contributed by atoms with Gasteiger partial charge in [-0.3, -0.25) is 9.59 Å². The summed E-state index contributed by atoms with van der Waals surface area (Å²) in [5.74, 6) is 1.18. The lowest BCUT2D eigenvalue weighted by Crippen LogP contribution is -2.49. The summed E-state index contributed by atoms with van der Waals surface area (Å²) in [5.41, 5.74) is 1.32. The van der Waals surface area contributed by atoms with Gasteiger partial charge >= 0.3 is 0 Å². The fourth-order valence-electron chi connectivity index (χ4n) is 3.21. The minimum atomic E-state index is -0.150. The maximum absolute atomic E-state index is 12.5. The van der Waals surface area contributed by atoms with Crippen molar-refractivity contribution >= 4 is 29.1 Å². The topological polar surface area (TPSA) is 75.6 Å². The number of anilines is 1. The van der Waals surface area contributed by atoms with Gasteiger partial charge in [0.05, 0.1) is 12.7 Å². The molecule has 28 heavy (non-hydrogen) atoms. The van der Waals surface area contributed by atoms with E-state index in [2.05, 4.69) is 14.9 Å². The molecule has 0 aliphatic carbocycles. The van der Waals surface area contributed by atoms with Crippen molar-refractivity contribution in [3.05, 3.63) is 46.9 Å². The molecule has 1 amide bonds. The van der Waals surface area contributed by atoms with Crippen LogP contribution in [0.1, 0.15) is 28.9 Å². The molecule has 2 heterocycles. The molecule has 0 saturated carbocycles. The predicted molar refractivity (Wildman–Crippen MR) is 107 cm³/mol. The number of benzene rings is 1. The van der Waals surface area contributed by atoms with Crippen LogP contribution in [0.15, 0.2) is 30.6 Å². The SMILES string of the molecule is COc1ccc(Cl)cc1C(=O)CCC(=O)N1CCN(c2cc(C)ncn2)CC1. The Hall–Kier alpha value is -2.67. The van der Waals surface area contributed by atoms with Crippen LogP contribution >= 0.6 is 11.6 Å². The van der Waals surface area contributed by atoms with Gasteiger partial charge in [-0.2, -0.15) is 0 Å². The summed E-state index contributed by atoms with van der Waals surface area (Å²) in [4.78, 5) is 37.4. The van der Waals surface area contributed by atoms with Crippen LogP contribution in [0.5, 0.6) is 5.75 Å². The molecule has 1 saturated heterocycles. The van der Waals surface area contributed by atoms with Crippen LogP contribution in [0.4, 0.5) is 5.82 Å². The Labute approximate surface area is 169 Å². The number of piperazine rings is 1. The molecule has 1 aliphatic rings. The average molecular weight is 403 g/mol. The van der Waals surface area contributed by atoms with E-state index >= 15 is 0 Å². The van der Waals surface area contributed by atoms with Gasteiger partial charge in [0.1, 0.15) is 17.9 Å². The Morgan fingerprint density at radius 2 is 1.86 bits per heavy atom. The van der Waals surface area contributed by atoms with E-state index in [0.29, 0.717) is 42.5 Å². The molecule has 1 aromatic heterocycles. The Morgan fingerprint density at radius 1 is 1.11 bits per heavy atom. The first-order chi connectivity index (χ1) is 13.5. The minimum absolute atomic E-state index is 0.0205. The zero-order valence-electron chi connectivity index (χ0n) is 16.0. The molecule has 3 rings (SSSR count). The van der Waals surface area contributed by atoms with Crippen molar-refractivity contribution in [2.24, 2.45) is 0 Å². The number of hydrogen-bond donors (Lipinski definition) is 0. The van der Waals surface area contributed by atoms with Crippen LogP contribution in [0, 0.1) is 6.92 Å². The monoisotopic (exact) mass is 402 g/mol. The molecule has 0 N–H and O–H groups in total. The number of carbonyl (C=O) groups is 2. The van der Waals surface area contributed by atoms with Crippen molar-refractivity contribution in [2.75, 3.05) is 38.2 Å². The number of aromatic nitrogens is 2. The summed E-state index contributed by atoms with van der Waals surface area (Å²) >= 11 is 5.98. The maximum Gasteiger partial charge on any atom is 0.223 e. The maximum atomic E-state index is 12.5. The summed E-state index contributed by atoms with van der Waals surface area (Å²) in [5, 5.41) is 0.464. The summed E-state index contributed by atoms with van der Waals surface area (Å²) in [7, 11) is 1.50. The molecule has 1 fully saturated rings. The quantitative estimate of drug-likeness (QED) is 0.691. The molecule has 148 valence electrons. The molecule has 0 unspecified atom stereocenters. The molecule has 0 bridgehead atoms. The Bertz CT molecular complexity index is 866. The number of hydrogen-bond acceptors (Lipinski definition) is 6. The van der Waals surface area contributed by atoms with E-state index in [1.807, 2.05) is 13.0 Å². The molecule has 0 spiro atoms. The van der Waals surface area contributed by atoms with Crippen LogP contribution < -0.4 is 9.64 Å². The van der Waals surface area contributed by atoms with Gasteiger partial charge in [0.15, 0.2) is 5.78 Å². The number of carbonyl (C=O) groups excluding carboxylic acids is 2. The highest BCUT2D eigenvalue weighted by Crippen LogP contribution is 2.24. The number of nitrogens with zero attached hydrogens (tertiary/aromatic N) is 4. The minimum Gasteiger partial charge on any atom is -0.496 e. The fourth-order valence-corrected chi connectivity index (χ4v) is 3.38. The largest absolute Gasteiger partial charge is 0.496 e. The highest BCUT2D eigenvalue weighted by molar-refractivity contribution is 6.31. The van der Waals surface area contributed by atoms with Crippen molar-refractivity contribution in [1.82, 2.24) is 14.9 Å². The molecule has 0 atom stereocenters. The predicted octanol–water partition coefficient (Wildman–Crippen LogP) is 2.76. The van der Waals surface area contributed by atoms with E-state index in [0.717, 1.165) is 11.5 Å². The number of rotatable bonds is 6. The highest BCUT2D eigenvalue weighted by atomic mass is 35.5. The normalized spacial score (nSPS) is 14.1. The van der Waals surface area contributed by atoms with E-state index in [1.165, 1.54) is 7.11 Å². The third kappa shape index (κ3) is 4.78. The third-order valence-electron chi connectivity index (χ3n) is 4.77. The number of ether oxygens (including phenoxy) is 1. The molecule has 2 aromatic rings. The van der Waals surface area contributed by atoms with E-state index in [1.54, 1.807) is 29.4 Å². The first kappa shape index (κ1) is 20.1. The number of Topliss-reactive ketones (excluding diaryl/α,β-unsaturated/α-hetero) is 1. The van der Waals surface area contributed by atoms with Gasteiger partial charge in [0.25, 0.3) is 0 Å². The first-order valence-electron chi connectivity index (χ1n) is 9.16. The van der Waals surface area contributed by atoms with E-state index in [-0.39, 0.29) is 24.5 Å². The fraction of sp³-hybridized carbons (Fsp3) is 0.400. The van der Waals surface area contributed by atoms with Gasteiger partial charge in [-0.25, -0.2) is 9.97 Å². The number of amides is 1. The third-order valence-corrected chi connectivity index (χ3v) is 5.01. The van der Waals surface area contributed by atoms with Crippen molar-refractivity contribution in [3.8, 4) is 5.75 Å². The number of ketones is 1. The Morgan fingerprint density at radius 3 is 2.54 bits per heavy atom.